The van der Waals surface area contributed by atoms with Crippen LogP contribution in [0.5, 0.6) is 0 Å². The summed E-state index contributed by atoms with van der Waals surface area (Å²) in [5, 5.41) is 0.734. The van der Waals surface area contributed by atoms with E-state index < -0.39 is 0 Å². The molecule has 1 aliphatic carbocycles. The van der Waals surface area contributed by atoms with Crippen molar-refractivity contribution in [2.24, 2.45) is 5.92 Å². The van der Waals surface area contributed by atoms with Gasteiger partial charge >= 0.3 is 12.3 Å². The average molecular weight is 418 g/mol. The van der Waals surface area contributed by atoms with E-state index in [1.807, 2.05) is 44.2 Å². The quantitative estimate of drug-likeness (QED) is 0.729. The number of carbonyl (C=O) groups excluding carboxylic acids is 5. The van der Waals surface area contributed by atoms with Crippen LogP contribution in [0.1, 0.15) is 46.0 Å². The number of aromatic nitrogens is 1. The number of halogens is 1. The molecule has 1 heterocycles. The van der Waals surface area contributed by atoms with Crippen molar-refractivity contribution in [1.29, 1.82) is 0 Å². The Labute approximate surface area is 174 Å². The first-order valence-electron chi connectivity index (χ1n) is 9.34. The van der Waals surface area contributed by atoms with Gasteiger partial charge in [-0.3, -0.25) is 4.79 Å². The van der Waals surface area contributed by atoms with Crippen LogP contribution in [0.4, 0.5) is 0 Å². The molecule has 0 bridgehead atoms. The molecule has 3 rings (SSSR count). The molecule has 29 heavy (non-hydrogen) atoms. The van der Waals surface area contributed by atoms with E-state index in [0.29, 0.717) is 5.78 Å². The average Bonchev–Trinajstić information content (AvgIpc) is 3.20. The highest BCUT2D eigenvalue weighted by Crippen LogP contribution is 2.41. The molecule has 0 radical (unpaired) electrons. The highest BCUT2D eigenvalue weighted by molar-refractivity contribution is 6.30. The van der Waals surface area contributed by atoms with Gasteiger partial charge in [-0.05, 0) is 42.7 Å². The van der Waals surface area contributed by atoms with Crippen LogP contribution >= 0.6 is 11.6 Å². The topological polar surface area (TPSA) is 90.3 Å². The number of nitrogens with zero attached hydrogens (tertiary/aromatic N) is 1. The van der Waals surface area contributed by atoms with Crippen molar-refractivity contribution in [3.63, 3.8) is 0 Å². The van der Waals surface area contributed by atoms with Gasteiger partial charge in [0.05, 0.1) is 0 Å². The number of Topliss-reactive ketones (excluding diaryl/α,β-unsaturated/α-hetero) is 1. The first kappa shape index (κ1) is 24.3. The molecule has 0 amide bonds. The fraction of sp³-hybridized carbons (Fsp3) is 0.409. The minimum atomic E-state index is -0.384. The Hall–Kier alpha value is -2.78. The third-order valence-corrected chi connectivity index (χ3v) is 5.27. The summed E-state index contributed by atoms with van der Waals surface area (Å²) in [5.74, 6) is 0.414. The Bertz CT molecular complexity index is 840. The second-order valence-corrected chi connectivity index (χ2v) is 7.48. The zero-order chi connectivity index (χ0) is 21.9. The molecule has 1 aromatic carbocycles. The van der Waals surface area contributed by atoms with E-state index in [4.69, 9.17) is 30.8 Å². The maximum absolute atomic E-state index is 13.1. The molecule has 1 aliphatic rings. The third kappa shape index (κ3) is 6.10. The molecule has 1 saturated carbocycles. The number of carbonyl (C=O) groups is 1. The molecular formula is C22H24ClNO5. The van der Waals surface area contributed by atoms with E-state index in [-0.39, 0.29) is 23.8 Å². The third-order valence-electron chi connectivity index (χ3n) is 5.01. The molecule has 0 N–H and O–H groups in total. The lowest BCUT2D eigenvalue weighted by Crippen LogP contribution is -2.45. The second-order valence-electron chi connectivity index (χ2n) is 7.05. The monoisotopic (exact) mass is 417 g/mol. The van der Waals surface area contributed by atoms with Crippen molar-refractivity contribution in [2.75, 3.05) is 0 Å². The molecule has 2 aromatic rings. The lowest BCUT2D eigenvalue weighted by molar-refractivity contribution is -0.193. The molecule has 0 spiro atoms. The SMILES string of the molecule is CC(C)C(=O)C1(n2cccc2-c2ccc(Cl)cc2)CCCCC1.O=C=O.O=C=O. The standard InChI is InChI=1S/C20H24ClNO.2CO2/c1-15(2)19(23)20(12-4-3-5-13-20)22-14-6-7-18(22)16-8-10-17(21)11-9-16;2*2-1-3/h6-11,14-15H,3-5,12-13H2,1-2H3;;. The molecule has 6 nitrogen and oxygen atoms in total. The Morgan fingerprint density at radius 3 is 1.97 bits per heavy atom. The zero-order valence-electron chi connectivity index (χ0n) is 16.5. The van der Waals surface area contributed by atoms with Gasteiger partial charge in [-0.25, -0.2) is 0 Å². The smallest absolute Gasteiger partial charge is 0.334 e. The van der Waals surface area contributed by atoms with E-state index in [0.717, 1.165) is 42.0 Å². The van der Waals surface area contributed by atoms with Crippen LogP contribution in [-0.4, -0.2) is 22.7 Å². The Morgan fingerprint density at radius 2 is 1.48 bits per heavy atom. The van der Waals surface area contributed by atoms with Crippen LogP contribution in [0.25, 0.3) is 11.3 Å². The van der Waals surface area contributed by atoms with Crippen molar-refractivity contribution < 1.29 is 24.0 Å². The van der Waals surface area contributed by atoms with Gasteiger partial charge in [0.25, 0.3) is 0 Å². The molecule has 0 saturated heterocycles. The number of hydrogen-bond acceptors (Lipinski definition) is 5. The molecule has 0 atom stereocenters. The molecule has 7 heteroatoms. The largest absolute Gasteiger partial charge is 0.373 e. The molecule has 1 aromatic heterocycles. The van der Waals surface area contributed by atoms with E-state index in [2.05, 4.69) is 16.8 Å². The van der Waals surface area contributed by atoms with Gasteiger partial charge < -0.3 is 4.57 Å². The summed E-state index contributed by atoms with van der Waals surface area (Å²) in [6, 6.07) is 12.0. The van der Waals surface area contributed by atoms with Gasteiger partial charge in [0.15, 0.2) is 5.78 Å². The maximum Gasteiger partial charge on any atom is 0.373 e. The fourth-order valence-electron chi connectivity index (χ4n) is 3.89. The van der Waals surface area contributed by atoms with Gasteiger partial charge in [0, 0.05) is 22.8 Å². The van der Waals surface area contributed by atoms with E-state index in [1.165, 1.54) is 6.42 Å². The van der Waals surface area contributed by atoms with Crippen LogP contribution in [-0.2, 0) is 29.5 Å². The van der Waals surface area contributed by atoms with Crippen molar-refractivity contribution in [2.45, 2.75) is 51.5 Å². The molecule has 0 aliphatic heterocycles. The van der Waals surface area contributed by atoms with Crippen molar-refractivity contribution in [3.05, 3.63) is 47.6 Å². The molecule has 0 unspecified atom stereocenters. The van der Waals surface area contributed by atoms with Crippen LogP contribution in [0.2, 0.25) is 5.02 Å². The summed E-state index contributed by atoms with van der Waals surface area (Å²) in [6.07, 6.45) is 7.94. The van der Waals surface area contributed by atoms with Gasteiger partial charge in [-0.15, -0.1) is 0 Å². The maximum atomic E-state index is 13.1. The second kappa shape index (κ2) is 11.9. The Balaban J connectivity index is 0.000000626. The van der Waals surface area contributed by atoms with Gasteiger partial charge in [-0.2, -0.15) is 19.2 Å². The Kier molecular flexibility index (Phi) is 9.98. The number of ketones is 1. The molecule has 154 valence electrons. The molecular weight excluding hydrogens is 394 g/mol. The lowest BCUT2D eigenvalue weighted by atomic mass is 9.75. The van der Waals surface area contributed by atoms with E-state index in [1.54, 1.807) is 0 Å². The summed E-state index contributed by atoms with van der Waals surface area (Å²) in [5.41, 5.74) is 1.84. The summed E-state index contributed by atoms with van der Waals surface area (Å²) < 4.78 is 2.23. The highest BCUT2D eigenvalue weighted by Gasteiger charge is 2.42. The predicted octanol–water partition coefficient (Wildman–Crippen LogP) is 4.53. The highest BCUT2D eigenvalue weighted by atomic mass is 35.5. The number of rotatable bonds is 4. The van der Waals surface area contributed by atoms with Crippen LogP contribution in [0.3, 0.4) is 0 Å². The summed E-state index contributed by atoms with van der Waals surface area (Å²) in [7, 11) is 0. The number of benzene rings is 1. The molecule has 1 fully saturated rings. The van der Waals surface area contributed by atoms with E-state index >= 15 is 0 Å². The van der Waals surface area contributed by atoms with Crippen LogP contribution in [0.15, 0.2) is 42.6 Å². The lowest BCUT2D eigenvalue weighted by Gasteiger charge is -2.40. The van der Waals surface area contributed by atoms with Crippen LogP contribution in [0, 0.1) is 5.92 Å². The van der Waals surface area contributed by atoms with Crippen molar-refractivity contribution in [1.82, 2.24) is 4.57 Å². The minimum Gasteiger partial charge on any atom is -0.334 e. The number of hydrogen-bond donors (Lipinski definition) is 0. The summed E-state index contributed by atoms with van der Waals surface area (Å²) >= 11 is 6.02. The van der Waals surface area contributed by atoms with Gasteiger partial charge in [0.2, 0.25) is 0 Å². The van der Waals surface area contributed by atoms with Crippen molar-refractivity contribution >= 4 is 29.7 Å². The van der Waals surface area contributed by atoms with Crippen LogP contribution < -0.4 is 0 Å². The summed E-state index contributed by atoms with van der Waals surface area (Å²) in [6.45, 7) is 4.04. The van der Waals surface area contributed by atoms with Crippen molar-refractivity contribution in [3.8, 4) is 11.3 Å². The fourth-order valence-corrected chi connectivity index (χ4v) is 4.02. The normalized spacial score (nSPS) is 14.3. The Morgan fingerprint density at radius 1 is 0.966 bits per heavy atom. The first-order valence-corrected chi connectivity index (χ1v) is 9.72. The minimum absolute atomic E-state index is 0.0496. The van der Waals surface area contributed by atoms with Gasteiger partial charge in [-0.1, -0.05) is 56.8 Å². The summed E-state index contributed by atoms with van der Waals surface area (Å²) in [4.78, 5) is 45.6. The predicted molar refractivity (Wildman–Crippen MR) is 106 cm³/mol. The van der Waals surface area contributed by atoms with E-state index in [9.17, 15) is 4.79 Å². The van der Waals surface area contributed by atoms with Gasteiger partial charge in [0.1, 0.15) is 5.54 Å². The zero-order valence-corrected chi connectivity index (χ0v) is 17.3. The first-order chi connectivity index (χ1) is 13.9.